The summed E-state index contributed by atoms with van der Waals surface area (Å²) in [6.45, 7) is 2.17. The van der Waals surface area contributed by atoms with Gasteiger partial charge in [-0.05, 0) is 68.0 Å². The van der Waals surface area contributed by atoms with Crippen LogP contribution >= 0.6 is 11.3 Å². The molecule has 2 aromatic carbocycles. The Labute approximate surface area is 203 Å². The summed E-state index contributed by atoms with van der Waals surface area (Å²) >= 11 is 1.51. The molecule has 3 aromatic heterocycles. The fraction of sp³-hybridized carbons (Fsp3) is 0.296. The van der Waals surface area contributed by atoms with E-state index in [2.05, 4.69) is 68.5 Å². The molecule has 6 rings (SSSR count). The number of likely N-dealkylation sites (tertiary alicyclic amines) is 1. The lowest BCUT2D eigenvalue weighted by atomic mass is 9.86. The number of benzene rings is 2. The lowest BCUT2D eigenvalue weighted by molar-refractivity contribution is 0.0976. The maximum absolute atomic E-state index is 13.0. The zero-order chi connectivity index (χ0) is 23.3. The molecule has 1 fully saturated rings. The van der Waals surface area contributed by atoms with Crippen LogP contribution in [0.5, 0.6) is 0 Å². The average Bonchev–Trinajstić information content (AvgIpc) is 3.63. The molecule has 4 heterocycles. The van der Waals surface area contributed by atoms with Crippen LogP contribution in [0.25, 0.3) is 21.8 Å². The topological polar surface area (TPSA) is 77.7 Å². The number of hydrogen-bond acceptors (Lipinski definition) is 5. The Morgan fingerprint density at radius 2 is 1.82 bits per heavy atom. The molecule has 174 valence electrons. The third kappa shape index (κ3) is 4.95. The average molecular weight is 472 g/mol. The molecule has 0 radical (unpaired) electrons. The standard InChI is InChI=1S/C19H22N4OS.C8H7N/c1-23-10-8-13(9-11-23)18-14-4-2-3-5-15(14)21-19(18)16(24)6-7-17-22-20-12-25-17;1-2-4-8-7(3-1)5-6-9-8/h2-5,12-13,21H,6-11H2,1H3;1-6,9H. The zero-order valence-corrected chi connectivity index (χ0v) is 20.1. The summed E-state index contributed by atoms with van der Waals surface area (Å²) in [5.74, 6) is 0.633. The molecule has 0 unspecified atom stereocenters. The summed E-state index contributed by atoms with van der Waals surface area (Å²) in [6.07, 6.45) is 5.29. The third-order valence-corrected chi connectivity index (χ3v) is 7.34. The second-order valence-corrected chi connectivity index (χ2v) is 9.78. The van der Waals surface area contributed by atoms with Gasteiger partial charge in [0.2, 0.25) is 0 Å². The van der Waals surface area contributed by atoms with Crippen molar-refractivity contribution in [2.24, 2.45) is 0 Å². The van der Waals surface area contributed by atoms with Crippen LogP contribution in [0.4, 0.5) is 0 Å². The normalized spacial score (nSPS) is 14.9. The number of piperidine rings is 1. The molecule has 34 heavy (non-hydrogen) atoms. The molecular weight excluding hydrogens is 442 g/mol. The lowest BCUT2D eigenvalue weighted by Crippen LogP contribution is -2.29. The lowest BCUT2D eigenvalue weighted by Gasteiger charge is -2.29. The van der Waals surface area contributed by atoms with Crippen molar-refractivity contribution in [2.45, 2.75) is 31.6 Å². The summed E-state index contributed by atoms with van der Waals surface area (Å²) < 4.78 is 0. The predicted molar refractivity (Wildman–Crippen MR) is 139 cm³/mol. The van der Waals surface area contributed by atoms with Gasteiger partial charge in [-0.25, -0.2) is 0 Å². The monoisotopic (exact) mass is 471 g/mol. The van der Waals surface area contributed by atoms with Gasteiger partial charge in [-0.15, -0.1) is 21.5 Å². The predicted octanol–water partition coefficient (Wildman–Crippen LogP) is 5.81. The first kappa shape index (κ1) is 22.5. The maximum atomic E-state index is 13.0. The SMILES string of the molecule is CN1CCC(c2c(C(=O)CCc3nncs3)[nH]c3ccccc23)CC1.c1ccc2[nH]ccc2c1. The van der Waals surface area contributed by atoms with Crippen LogP contribution in [0.15, 0.2) is 66.3 Å². The van der Waals surface area contributed by atoms with E-state index >= 15 is 0 Å². The number of aryl methyl sites for hydroxylation is 1. The molecule has 0 bridgehead atoms. The molecule has 0 saturated carbocycles. The van der Waals surface area contributed by atoms with E-state index in [4.69, 9.17) is 0 Å². The molecule has 0 atom stereocenters. The van der Waals surface area contributed by atoms with Gasteiger partial charge in [-0.1, -0.05) is 36.4 Å². The number of ketones is 1. The van der Waals surface area contributed by atoms with Gasteiger partial charge in [0, 0.05) is 35.5 Å². The first-order valence-corrected chi connectivity index (χ1v) is 12.7. The number of hydrogen-bond donors (Lipinski definition) is 2. The van der Waals surface area contributed by atoms with E-state index in [9.17, 15) is 4.79 Å². The van der Waals surface area contributed by atoms with E-state index in [1.165, 1.54) is 33.2 Å². The van der Waals surface area contributed by atoms with Crippen molar-refractivity contribution in [3.63, 3.8) is 0 Å². The van der Waals surface area contributed by atoms with E-state index in [0.717, 1.165) is 42.1 Å². The van der Waals surface area contributed by atoms with Crippen molar-refractivity contribution in [3.05, 3.63) is 82.6 Å². The van der Waals surface area contributed by atoms with Gasteiger partial charge < -0.3 is 14.9 Å². The highest BCUT2D eigenvalue weighted by atomic mass is 32.1. The number of nitrogens with zero attached hydrogens (tertiary/aromatic N) is 3. The second kappa shape index (κ2) is 10.3. The minimum absolute atomic E-state index is 0.181. The maximum Gasteiger partial charge on any atom is 0.179 e. The van der Waals surface area contributed by atoms with E-state index in [1.54, 1.807) is 5.51 Å². The molecule has 5 aromatic rings. The molecule has 1 saturated heterocycles. The van der Waals surface area contributed by atoms with Crippen LogP contribution in [0.1, 0.15) is 46.2 Å². The minimum atomic E-state index is 0.181. The highest BCUT2D eigenvalue weighted by molar-refractivity contribution is 7.09. The van der Waals surface area contributed by atoms with Crippen molar-refractivity contribution in [3.8, 4) is 0 Å². The van der Waals surface area contributed by atoms with Crippen LogP contribution < -0.4 is 0 Å². The van der Waals surface area contributed by atoms with E-state index in [0.29, 0.717) is 18.8 Å². The first-order chi connectivity index (χ1) is 16.7. The number of Topliss-reactive ketones (excluding diaryl/α,β-unsaturated/α-hetero) is 1. The second-order valence-electron chi connectivity index (χ2n) is 8.86. The van der Waals surface area contributed by atoms with Crippen molar-refractivity contribution < 1.29 is 4.79 Å². The van der Waals surface area contributed by atoms with Crippen LogP contribution in [0, 0.1) is 0 Å². The molecular formula is C27H29N5OS. The number of rotatable bonds is 5. The molecule has 0 spiro atoms. The Morgan fingerprint density at radius 1 is 1.06 bits per heavy atom. The summed E-state index contributed by atoms with van der Waals surface area (Å²) in [5, 5.41) is 11.3. The van der Waals surface area contributed by atoms with Crippen molar-refractivity contribution in [1.82, 2.24) is 25.1 Å². The van der Waals surface area contributed by atoms with Crippen molar-refractivity contribution in [1.29, 1.82) is 0 Å². The van der Waals surface area contributed by atoms with Crippen molar-refractivity contribution >= 4 is 38.9 Å². The van der Waals surface area contributed by atoms with E-state index < -0.39 is 0 Å². The molecule has 6 nitrogen and oxygen atoms in total. The Balaban J connectivity index is 0.000000222. The first-order valence-electron chi connectivity index (χ1n) is 11.8. The number of H-pyrrole nitrogens is 2. The highest BCUT2D eigenvalue weighted by Crippen LogP contribution is 2.36. The van der Waals surface area contributed by atoms with Gasteiger partial charge >= 0.3 is 0 Å². The number of aromatic nitrogens is 4. The number of carbonyl (C=O) groups is 1. The van der Waals surface area contributed by atoms with Crippen LogP contribution in [-0.2, 0) is 6.42 Å². The number of fused-ring (bicyclic) bond motifs is 2. The summed E-state index contributed by atoms with van der Waals surface area (Å²) in [4.78, 5) is 21.8. The summed E-state index contributed by atoms with van der Waals surface area (Å²) in [5.41, 5.74) is 6.02. The van der Waals surface area contributed by atoms with Gasteiger partial charge in [-0.3, -0.25) is 4.79 Å². The third-order valence-electron chi connectivity index (χ3n) is 6.59. The quantitative estimate of drug-likeness (QED) is 0.317. The Kier molecular flexibility index (Phi) is 6.83. The summed E-state index contributed by atoms with van der Waals surface area (Å²) in [6, 6.07) is 18.6. The van der Waals surface area contributed by atoms with Gasteiger partial charge in [0.05, 0.1) is 5.69 Å². The number of aromatic amines is 2. The molecule has 2 N–H and O–H groups in total. The fourth-order valence-electron chi connectivity index (χ4n) is 4.75. The van der Waals surface area contributed by atoms with E-state index in [1.807, 2.05) is 24.4 Å². The Hall–Kier alpha value is -3.29. The Morgan fingerprint density at radius 3 is 2.59 bits per heavy atom. The van der Waals surface area contributed by atoms with Gasteiger partial charge in [-0.2, -0.15) is 0 Å². The molecule has 7 heteroatoms. The molecule has 0 amide bonds. The molecule has 1 aliphatic rings. The minimum Gasteiger partial charge on any atom is -0.361 e. The Bertz CT molecular complexity index is 1330. The largest absolute Gasteiger partial charge is 0.361 e. The van der Waals surface area contributed by atoms with Gasteiger partial charge in [0.25, 0.3) is 0 Å². The number of nitrogens with one attached hydrogen (secondary N) is 2. The smallest absolute Gasteiger partial charge is 0.179 e. The highest BCUT2D eigenvalue weighted by Gasteiger charge is 2.27. The van der Waals surface area contributed by atoms with Gasteiger partial charge in [0.1, 0.15) is 10.5 Å². The molecule has 0 aliphatic carbocycles. The van der Waals surface area contributed by atoms with Gasteiger partial charge in [0.15, 0.2) is 5.78 Å². The van der Waals surface area contributed by atoms with Crippen LogP contribution in [0.2, 0.25) is 0 Å². The van der Waals surface area contributed by atoms with Crippen molar-refractivity contribution in [2.75, 3.05) is 20.1 Å². The van der Waals surface area contributed by atoms with Crippen LogP contribution in [0.3, 0.4) is 0 Å². The number of carbonyl (C=O) groups excluding carboxylic acids is 1. The van der Waals surface area contributed by atoms with E-state index in [-0.39, 0.29) is 5.78 Å². The molecule has 1 aliphatic heterocycles. The number of para-hydroxylation sites is 2. The zero-order valence-electron chi connectivity index (χ0n) is 19.3. The summed E-state index contributed by atoms with van der Waals surface area (Å²) in [7, 11) is 2.17. The van der Waals surface area contributed by atoms with Crippen LogP contribution in [-0.4, -0.2) is 51.0 Å². The fourth-order valence-corrected chi connectivity index (χ4v) is 5.28.